The fraction of sp³-hybridized carbons (Fsp3) is 0.238. The second kappa shape index (κ2) is 9.71. The minimum Gasteiger partial charge on any atom is -0.486 e. The molecule has 152 valence electrons. The van der Waals surface area contributed by atoms with Gasteiger partial charge in [-0.15, -0.1) is 0 Å². The molecule has 3 nitrogen and oxygen atoms in total. The highest BCUT2D eigenvalue weighted by molar-refractivity contribution is 8.26. The first kappa shape index (κ1) is 22.4. The number of halogens is 3. The molecule has 8 heteroatoms. The molecule has 1 saturated heterocycles. The zero-order chi connectivity index (χ0) is 21.1. The van der Waals surface area contributed by atoms with E-state index in [4.69, 9.17) is 51.8 Å². The molecule has 2 aromatic rings. The number of amides is 1. The highest BCUT2D eigenvalue weighted by Gasteiger charge is 2.32. The lowest BCUT2D eigenvalue weighted by Crippen LogP contribution is -2.31. The van der Waals surface area contributed by atoms with Gasteiger partial charge in [-0.05, 0) is 35.8 Å². The maximum atomic E-state index is 12.6. The van der Waals surface area contributed by atoms with Crippen molar-refractivity contribution in [2.24, 2.45) is 5.92 Å². The zero-order valence-electron chi connectivity index (χ0n) is 15.7. The fourth-order valence-corrected chi connectivity index (χ4v) is 4.82. The van der Waals surface area contributed by atoms with E-state index in [1.54, 1.807) is 29.2 Å². The third-order valence-electron chi connectivity index (χ3n) is 4.07. The van der Waals surface area contributed by atoms with Crippen molar-refractivity contribution in [2.75, 3.05) is 6.54 Å². The van der Waals surface area contributed by atoms with Crippen LogP contribution < -0.4 is 4.74 Å². The number of rotatable bonds is 6. The molecule has 1 aliphatic rings. The highest BCUT2D eigenvalue weighted by Crippen LogP contribution is 2.38. The summed E-state index contributed by atoms with van der Waals surface area (Å²) in [4.78, 5) is 14.8. The Kier molecular flexibility index (Phi) is 7.52. The predicted molar refractivity (Wildman–Crippen MR) is 127 cm³/mol. The highest BCUT2D eigenvalue weighted by atomic mass is 35.5. The Balaban J connectivity index is 1.79. The standard InChI is InChI=1S/C21H18Cl3NO2S2/c1-12(2)10-25-20(26)18(29-21(25)28)9-13-7-16(23)19(17(24)8-13)27-11-14-5-3-4-6-15(14)22/h3-9,12H,10-11H2,1-2H3/b18-9-. The van der Waals surface area contributed by atoms with Crippen LogP contribution in [0.1, 0.15) is 25.0 Å². The number of thiocarbonyl (C=S) groups is 1. The summed E-state index contributed by atoms with van der Waals surface area (Å²) in [5.74, 6) is 0.605. The van der Waals surface area contributed by atoms with E-state index in [0.29, 0.717) is 48.1 Å². The summed E-state index contributed by atoms with van der Waals surface area (Å²) < 4.78 is 6.35. The smallest absolute Gasteiger partial charge is 0.266 e. The first-order chi connectivity index (χ1) is 13.8. The average molecular weight is 487 g/mol. The van der Waals surface area contributed by atoms with Crippen LogP contribution in [0.5, 0.6) is 5.75 Å². The van der Waals surface area contributed by atoms with Gasteiger partial charge in [0, 0.05) is 17.1 Å². The second-order valence-corrected chi connectivity index (χ2v) is 9.78. The summed E-state index contributed by atoms with van der Waals surface area (Å²) >= 11 is 25.6. The van der Waals surface area contributed by atoms with E-state index in [0.717, 1.165) is 5.56 Å². The number of carbonyl (C=O) groups is 1. The number of benzene rings is 2. The second-order valence-electron chi connectivity index (χ2n) is 6.88. The van der Waals surface area contributed by atoms with Gasteiger partial charge >= 0.3 is 0 Å². The Bertz CT molecular complexity index is 969. The Morgan fingerprint density at radius 1 is 1.14 bits per heavy atom. The van der Waals surface area contributed by atoms with Crippen LogP contribution in [0.15, 0.2) is 41.3 Å². The van der Waals surface area contributed by atoms with Crippen LogP contribution in [-0.4, -0.2) is 21.7 Å². The molecule has 0 bridgehead atoms. The largest absolute Gasteiger partial charge is 0.486 e. The Morgan fingerprint density at radius 3 is 2.41 bits per heavy atom. The Hall–Kier alpha value is -1.24. The summed E-state index contributed by atoms with van der Waals surface area (Å²) in [5, 5.41) is 1.32. The third-order valence-corrected chi connectivity index (χ3v) is 6.38. The van der Waals surface area contributed by atoms with Crippen LogP contribution in [-0.2, 0) is 11.4 Å². The molecule has 1 heterocycles. The van der Waals surface area contributed by atoms with Crippen molar-refractivity contribution < 1.29 is 9.53 Å². The van der Waals surface area contributed by atoms with Crippen LogP contribution in [0.2, 0.25) is 15.1 Å². The number of carbonyl (C=O) groups excluding carboxylic acids is 1. The first-order valence-corrected chi connectivity index (χ1v) is 11.2. The molecule has 0 spiro atoms. The number of hydrogen-bond acceptors (Lipinski definition) is 4. The van der Waals surface area contributed by atoms with E-state index in [-0.39, 0.29) is 12.5 Å². The quantitative estimate of drug-likeness (QED) is 0.322. The van der Waals surface area contributed by atoms with Crippen molar-refractivity contribution in [1.82, 2.24) is 4.90 Å². The van der Waals surface area contributed by atoms with Gasteiger partial charge < -0.3 is 4.74 Å². The van der Waals surface area contributed by atoms with Crippen LogP contribution >= 0.6 is 58.8 Å². The van der Waals surface area contributed by atoms with Crippen molar-refractivity contribution in [3.8, 4) is 5.75 Å². The van der Waals surface area contributed by atoms with Gasteiger partial charge in [-0.3, -0.25) is 9.69 Å². The van der Waals surface area contributed by atoms with Crippen LogP contribution in [0.4, 0.5) is 0 Å². The van der Waals surface area contributed by atoms with Gasteiger partial charge in [-0.25, -0.2) is 0 Å². The SMILES string of the molecule is CC(C)CN1C(=O)/C(=C/c2cc(Cl)c(OCc3ccccc3Cl)c(Cl)c2)SC1=S. The van der Waals surface area contributed by atoms with Gasteiger partial charge in [0.05, 0.1) is 15.0 Å². The molecule has 3 rings (SSSR count). The summed E-state index contributed by atoms with van der Waals surface area (Å²) in [6, 6.07) is 10.8. The average Bonchev–Trinajstić information content (AvgIpc) is 2.89. The van der Waals surface area contributed by atoms with Crippen LogP contribution in [0.3, 0.4) is 0 Å². The van der Waals surface area contributed by atoms with Crippen molar-refractivity contribution in [2.45, 2.75) is 20.5 Å². The van der Waals surface area contributed by atoms with Gasteiger partial charge in [0.2, 0.25) is 0 Å². The normalized spacial score (nSPS) is 15.7. The van der Waals surface area contributed by atoms with Gasteiger partial charge in [0.15, 0.2) is 5.75 Å². The molecular weight excluding hydrogens is 469 g/mol. The number of hydrogen-bond donors (Lipinski definition) is 0. The molecule has 29 heavy (non-hydrogen) atoms. The van der Waals surface area contributed by atoms with Crippen molar-refractivity contribution in [1.29, 1.82) is 0 Å². The van der Waals surface area contributed by atoms with E-state index in [9.17, 15) is 4.79 Å². The Morgan fingerprint density at radius 2 is 1.79 bits per heavy atom. The number of thioether (sulfide) groups is 1. The van der Waals surface area contributed by atoms with Crippen molar-refractivity contribution in [3.63, 3.8) is 0 Å². The van der Waals surface area contributed by atoms with Gasteiger partial charge in [0.1, 0.15) is 10.9 Å². The molecule has 0 aliphatic carbocycles. The molecule has 0 aromatic heterocycles. The van der Waals surface area contributed by atoms with Crippen LogP contribution in [0.25, 0.3) is 6.08 Å². The topological polar surface area (TPSA) is 29.5 Å². The summed E-state index contributed by atoms with van der Waals surface area (Å²) in [6.45, 7) is 4.93. The maximum absolute atomic E-state index is 12.6. The first-order valence-electron chi connectivity index (χ1n) is 8.87. The van der Waals surface area contributed by atoms with E-state index in [1.165, 1.54) is 11.8 Å². The van der Waals surface area contributed by atoms with E-state index in [1.807, 2.05) is 32.0 Å². The van der Waals surface area contributed by atoms with Crippen molar-refractivity contribution in [3.05, 3.63) is 67.5 Å². The molecule has 1 aliphatic heterocycles. The zero-order valence-corrected chi connectivity index (χ0v) is 19.6. The summed E-state index contributed by atoms with van der Waals surface area (Å²) in [6.07, 6.45) is 1.75. The van der Waals surface area contributed by atoms with E-state index in [2.05, 4.69) is 0 Å². The number of nitrogens with zero attached hydrogens (tertiary/aromatic N) is 1. The van der Waals surface area contributed by atoms with Gasteiger partial charge in [0.25, 0.3) is 5.91 Å². The predicted octanol–water partition coefficient (Wildman–Crippen LogP) is 7.08. The minimum atomic E-state index is -0.0972. The molecule has 2 aromatic carbocycles. The molecule has 0 unspecified atom stereocenters. The van der Waals surface area contributed by atoms with Gasteiger partial charge in [-0.1, -0.05) is 90.8 Å². The fourth-order valence-electron chi connectivity index (χ4n) is 2.74. The monoisotopic (exact) mass is 485 g/mol. The summed E-state index contributed by atoms with van der Waals surface area (Å²) in [7, 11) is 0. The molecule has 0 atom stereocenters. The lowest BCUT2D eigenvalue weighted by molar-refractivity contribution is -0.122. The molecule has 0 saturated carbocycles. The lowest BCUT2D eigenvalue weighted by Gasteiger charge is -2.16. The molecule has 1 fully saturated rings. The van der Waals surface area contributed by atoms with Crippen LogP contribution in [0, 0.1) is 5.92 Å². The van der Waals surface area contributed by atoms with Crippen molar-refractivity contribution >= 4 is 75.1 Å². The Labute approximate surface area is 195 Å². The molecule has 0 radical (unpaired) electrons. The van der Waals surface area contributed by atoms with Gasteiger partial charge in [-0.2, -0.15) is 0 Å². The minimum absolute atomic E-state index is 0.0972. The number of ether oxygens (including phenoxy) is 1. The summed E-state index contributed by atoms with van der Waals surface area (Å²) in [5.41, 5.74) is 1.54. The molecular formula is C21H18Cl3NO2S2. The molecule has 0 N–H and O–H groups in total. The van der Waals surface area contributed by atoms with E-state index < -0.39 is 0 Å². The maximum Gasteiger partial charge on any atom is 0.266 e. The lowest BCUT2D eigenvalue weighted by atomic mass is 10.2. The molecule has 1 amide bonds. The third kappa shape index (κ3) is 5.47. The van der Waals surface area contributed by atoms with E-state index >= 15 is 0 Å².